The Morgan fingerprint density at radius 2 is 1.85 bits per heavy atom. The number of alkyl halides is 2. The van der Waals surface area contributed by atoms with Crippen LogP contribution in [0.5, 0.6) is 0 Å². The van der Waals surface area contributed by atoms with Gasteiger partial charge in [0.05, 0.1) is 26.5 Å². The van der Waals surface area contributed by atoms with Crippen LogP contribution in [-0.2, 0) is 11.4 Å². The fraction of sp³-hybridized carbons (Fsp3) is 0.500. The lowest BCUT2D eigenvalue weighted by molar-refractivity contribution is 0.0557. The average molecular weight is 492 g/mol. The molecule has 2 unspecified atom stereocenters. The first-order valence-corrected chi connectivity index (χ1v) is 12.8. The van der Waals surface area contributed by atoms with Crippen LogP contribution >= 0.6 is 11.8 Å². The van der Waals surface area contributed by atoms with Crippen molar-refractivity contribution < 1.29 is 18.6 Å². The molecule has 1 aromatic rings. The fourth-order valence-electron chi connectivity index (χ4n) is 4.01. The van der Waals surface area contributed by atoms with E-state index < -0.39 is 6.67 Å². The number of aliphatic hydroxyl groups excluding tert-OH is 1. The lowest BCUT2D eigenvalue weighted by Crippen LogP contribution is -2.28. The minimum absolute atomic E-state index is 0.0406. The number of aliphatic hydroxyl groups is 1. The van der Waals surface area contributed by atoms with E-state index in [1.165, 1.54) is 15.4 Å². The summed E-state index contributed by atoms with van der Waals surface area (Å²) in [5.74, 6) is 0.386. The third kappa shape index (κ3) is 9.87. The van der Waals surface area contributed by atoms with Crippen LogP contribution in [0.25, 0.3) is 4.91 Å². The Kier molecular flexibility index (Phi) is 13.4. The van der Waals surface area contributed by atoms with Crippen LogP contribution in [0.3, 0.4) is 0 Å². The zero-order chi connectivity index (χ0) is 24.8. The smallest absolute Gasteiger partial charge is 0.115 e. The summed E-state index contributed by atoms with van der Waals surface area (Å²) < 4.78 is 28.1. The largest absolute Gasteiger partial charge is 0.394 e. The van der Waals surface area contributed by atoms with Crippen molar-refractivity contribution in [3.63, 3.8) is 0 Å². The van der Waals surface area contributed by atoms with Gasteiger partial charge in [0.2, 0.25) is 0 Å². The summed E-state index contributed by atoms with van der Waals surface area (Å²) >= 11 is 1.84. The van der Waals surface area contributed by atoms with E-state index in [-0.39, 0.29) is 12.7 Å². The Balaban J connectivity index is 0.00000199. The summed E-state index contributed by atoms with van der Waals surface area (Å²) in [6.45, 7) is 7.41. The molecule has 0 radical (unpaired) electrons. The van der Waals surface area contributed by atoms with Gasteiger partial charge < -0.3 is 9.84 Å². The number of halogens is 2. The number of hydrogen-bond donors (Lipinski definition) is 1. The first-order valence-electron chi connectivity index (χ1n) is 12.0. The van der Waals surface area contributed by atoms with Crippen LogP contribution in [0.15, 0.2) is 65.1 Å². The summed E-state index contributed by atoms with van der Waals surface area (Å²) in [5.41, 5.74) is 3.22. The van der Waals surface area contributed by atoms with E-state index >= 15 is 0 Å². The molecular formula is C28H39F2NO2S. The van der Waals surface area contributed by atoms with E-state index in [0.717, 1.165) is 50.0 Å². The highest BCUT2D eigenvalue weighted by Gasteiger charge is 2.17. The van der Waals surface area contributed by atoms with Gasteiger partial charge in [-0.15, -0.1) is 0 Å². The average Bonchev–Trinajstić information content (AvgIpc) is 2.89. The summed E-state index contributed by atoms with van der Waals surface area (Å²) in [6, 6.07) is 7.83. The van der Waals surface area contributed by atoms with Gasteiger partial charge in [-0.1, -0.05) is 78.9 Å². The molecule has 3 rings (SSSR count). The van der Waals surface area contributed by atoms with Gasteiger partial charge in [0.25, 0.3) is 0 Å². The summed E-state index contributed by atoms with van der Waals surface area (Å²) in [6.07, 6.45) is 14.3. The molecule has 2 atom stereocenters. The number of benzene rings is 1. The van der Waals surface area contributed by atoms with Gasteiger partial charge in [-0.3, -0.25) is 9.29 Å². The number of thioether (sulfide) groups is 1. The molecule has 3 nitrogen and oxygen atoms in total. The molecule has 2 aliphatic rings. The molecule has 0 amide bonds. The number of nitrogens with zero attached hydrogens (tertiary/aromatic N) is 1. The molecule has 0 spiro atoms. The summed E-state index contributed by atoms with van der Waals surface area (Å²) in [5, 5.41) is 9.06. The fourth-order valence-corrected chi connectivity index (χ4v) is 5.36. The SMILES string of the molecule is C/C1=C\C(OCCO)C/C=C/CCN(CC2=CC(C)C=C(c3ccc(CF)cc3)S2)CC1.CF. The standard InChI is InChI=1S/C27H36FNO2S.CH3F/c1-21-11-13-29(12-5-3-4-6-25(16-21)31-15-14-30)20-26-17-22(2)18-27(32-26)24-9-7-23(19-28)8-10-24;1-2/h3-4,7-10,16-18,22,25,30H,5-6,11-15,19-20H2,1-2H3;1H3/b4-3+,21-16+;. The zero-order valence-electron chi connectivity index (χ0n) is 20.7. The van der Waals surface area contributed by atoms with Crippen molar-refractivity contribution >= 4 is 16.7 Å². The Hall–Kier alpha value is -1.73. The van der Waals surface area contributed by atoms with Crippen molar-refractivity contribution in [2.45, 2.75) is 45.9 Å². The first-order chi connectivity index (χ1) is 16.6. The van der Waals surface area contributed by atoms with Crippen molar-refractivity contribution in [3.05, 3.63) is 76.3 Å². The molecule has 2 heterocycles. The van der Waals surface area contributed by atoms with Gasteiger partial charge in [0, 0.05) is 29.4 Å². The molecule has 0 saturated carbocycles. The normalized spacial score (nSPS) is 24.5. The van der Waals surface area contributed by atoms with Crippen molar-refractivity contribution in [1.82, 2.24) is 4.90 Å². The van der Waals surface area contributed by atoms with E-state index in [1.807, 2.05) is 36.0 Å². The predicted molar refractivity (Wildman–Crippen MR) is 141 cm³/mol. The Bertz CT molecular complexity index is 848. The molecule has 2 aliphatic heterocycles. The lowest BCUT2D eigenvalue weighted by atomic mass is 10.1. The Labute approximate surface area is 208 Å². The van der Waals surface area contributed by atoms with Crippen LogP contribution in [-0.4, -0.2) is 56.1 Å². The molecule has 0 aliphatic carbocycles. The third-order valence-electron chi connectivity index (χ3n) is 5.74. The minimum Gasteiger partial charge on any atom is -0.394 e. The molecule has 34 heavy (non-hydrogen) atoms. The Morgan fingerprint density at radius 3 is 2.56 bits per heavy atom. The molecule has 1 aromatic carbocycles. The van der Waals surface area contributed by atoms with Crippen LogP contribution in [0.1, 0.15) is 44.2 Å². The maximum absolute atomic E-state index is 12.9. The van der Waals surface area contributed by atoms with Crippen molar-refractivity contribution in [3.8, 4) is 0 Å². The number of hydrogen-bond acceptors (Lipinski definition) is 4. The number of ether oxygens (including phenoxy) is 1. The van der Waals surface area contributed by atoms with Crippen LogP contribution in [0.2, 0.25) is 0 Å². The van der Waals surface area contributed by atoms with Gasteiger partial charge in [0.1, 0.15) is 6.67 Å². The molecular weight excluding hydrogens is 452 g/mol. The molecule has 0 aromatic heterocycles. The van der Waals surface area contributed by atoms with E-state index in [0.29, 0.717) is 19.7 Å². The Morgan fingerprint density at radius 1 is 1.09 bits per heavy atom. The second-order valence-electron chi connectivity index (χ2n) is 8.62. The highest BCUT2D eigenvalue weighted by atomic mass is 32.2. The van der Waals surface area contributed by atoms with Crippen molar-refractivity contribution in [1.29, 1.82) is 0 Å². The van der Waals surface area contributed by atoms with Crippen LogP contribution in [0, 0.1) is 5.92 Å². The number of allylic oxidation sites excluding steroid dienone is 2. The lowest BCUT2D eigenvalue weighted by Gasteiger charge is -2.26. The van der Waals surface area contributed by atoms with Gasteiger partial charge >= 0.3 is 0 Å². The molecule has 1 N–H and O–H groups in total. The quantitative estimate of drug-likeness (QED) is 0.430. The molecule has 6 heteroatoms. The van der Waals surface area contributed by atoms with E-state index in [2.05, 4.69) is 49.1 Å². The van der Waals surface area contributed by atoms with Crippen LogP contribution < -0.4 is 0 Å². The van der Waals surface area contributed by atoms with E-state index in [1.54, 1.807) is 0 Å². The first kappa shape index (κ1) is 28.5. The van der Waals surface area contributed by atoms with Crippen molar-refractivity contribution in [2.24, 2.45) is 5.92 Å². The van der Waals surface area contributed by atoms with Gasteiger partial charge in [-0.05, 0) is 43.2 Å². The van der Waals surface area contributed by atoms with Gasteiger partial charge in [-0.25, -0.2) is 4.39 Å². The molecule has 0 bridgehead atoms. The van der Waals surface area contributed by atoms with Crippen LogP contribution in [0.4, 0.5) is 8.78 Å². The monoisotopic (exact) mass is 491 g/mol. The van der Waals surface area contributed by atoms with E-state index in [4.69, 9.17) is 9.84 Å². The molecule has 0 saturated heterocycles. The summed E-state index contributed by atoms with van der Waals surface area (Å²) in [4.78, 5) is 5.18. The predicted octanol–water partition coefficient (Wildman–Crippen LogP) is 6.72. The van der Waals surface area contributed by atoms with Crippen molar-refractivity contribution in [2.75, 3.05) is 40.0 Å². The topological polar surface area (TPSA) is 32.7 Å². The zero-order valence-corrected chi connectivity index (χ0v) is 21.5. The van der Waals surface area contributed by atoms with Gasteiger partial charge in [0.15, 0.2) is 0 Å². The minimum atomic E-state index is -0.417. The van der Waals surface area contributed by atoms with Gasteiger partial charge in [-0.2, -0.15) is 0 Å². The molecule has 188 valence electrons. The highest BCUT2D eigenvalue weighted by molar-refractivity contribution is 8.11. The molecule has 0 fully saturated rings. The maximum Gasteiger partial charge on any atom is 0.115 e. The second-order valence-corrected chi connectivity index (χ2v) is 9.79. The number of rotatable bonds is 7. The summed E-state index contributed by atoms with van der Waals surface area (Å²) in [7, 11) is 0.500. The third-order valence-corrected chi connectivity index (χ3v) is 6.86. The second kappa shape index (κ2) is 16.0. The highest BCUT2D eigenvalue weighted by Crippen LogP contribution is 2.39. The van der Waals surface area contributed by atoms with E-state index in [9.17, 15) is 8.78 Å². The maximum atomic E-state index is 12.9.